The van der Waals surface area contributed by atoms with Gasteiger partial charge in [0.15, 0.2) is 0 Å². The van der Waals surface area contributed by atoms with Gasteiger partial charge in [-0.05, 0) is 54.4 Å². The summed E-state index contributed by atoms with van der Waals surface area (Å²) in [4.78, 5) is 4.45. The zero-order chi connectivity index (χ0) is 25.5. The summed E-state index contributed by atoms with van der Waals surface area (Å²) in [5, 5.41) is 22.3. The van der Waals surface area contributed by atoms with Crippen LogP contribution in [-0.2, 0) is 24.2 Å². The molecule has 1 fully saturated rings. The summed E-state index contributed by atoms with van der Waals surface area (Å²) in [6.45, 7) is 2.45. The van der Waals surface area contributed by atoms with E-state index in [1.165, 1.54) is 5.56 Å². The highest BCUT2D eigenvalue weighted by Gasteiger charge is 2.45. The van der Waals surface area contributed by atoms with Crippen molar-refractivity contribution in [2.75, 3.05) is 26.7 Å². The Morgan fingerprint density at radius 3 is 1.94 bits per heavy atom. The predicted molar refractivity (Wildman–Crippen MR) is 145 cm³/mol. The van der Waals surface area contributed by atoms with E-state index in [4.69, 9.17) is 27.9 Å². The molecule has 2 N–H and O–H groups in total. The number of nitrogens with zero attached hydrogens (tertiary/aromatic N) is 2. The molecule has 1 aliphatic rings. The Hall–Kier alpha value is -1.96. The van der Waals surface area contributed by atoms with E-state index in [1.54, 1.807) is 0 Å². The smallest absolute Gasteiger partial charge is 0.109 e. The molecule has 1 heterocycles. The van der Waals surface area contributed by atoms with E-state index in [-0.39, 0.29) is 18.8 Å². The van der Waals surface area contributed by atoms with Gasteiger partial charge in [-0.25, -0.2) is 0 Å². The number of benzene rings is 3. The van der Waals surface area contributed by atoms with Crippen LogP contribution in [0.25, 0.3) is 0 Å². The summed E-state index contributed by atoms with van der Waals surface area (Å²) in [6.07, 6.45) is -0.805. The topological polar surface area (TPSA) is 56.2 Å². The van der Waals surface area contributed by atoms with Crippen molar-refractivity contribution in [1.29, 1.82) is 0 Å². The summed E-state index contributed by atoms with van der Waals surface area (Å²) in [6, 6.07) is 25.8. The lowest BCUT2D eigenvalue weighted by Crippen LogP contribution is -2.50. The van der Waals surface area contributed by atoms with E-state index in [0.29, 0.717) is 29.7 Å². The summed E-state index contributed by atoms with van der Waals surface area (Å²) < 4.78 is 6.23. The van der Waals surface area contributed by atoms with E-state index in [1.807, 2.05) is 61.6 Å². The maximum absolute atomic E-state index is 11.1. The second-order valence-electron chi connectivity index (χ2n) is 9.52. The number of halogens is 2. The lowest BCUT2D eigenvalue weighted by atomic mass is 10.0. The summed E-state index contributed by atoms with van der Waals surface area (Å²) in [5.74, 6) is 0. The molecule has 1 saturated heterocycles. The SMILES string of the molecule is CN(CCc1ccccc1)[C@@H]1[C@H](O)[C@H](CO)O[C@@H]1CN(Cc1cccc(Cl)c1)Cc1cccc(Cl)c1. The standard InChI is InChI=1S/C29H34Cl2N2O3/c1-32(14-13-21-7-3-2-4-8-21)28-26(36-27(20-34)29(28)35)19-33(17-22-9-5-11-24(30)15-22)18-23-10-6-12-25(31)16-23/h2-12,15-16,26-29,34-35H,13-14,17-20H2,1H3/t26-,27+,28+,29-/m1/s1. The molecule has 5 nitrogen and oxygen atoms in total. The van der Waals surface area contributed by atoms with Crippen LogP contribution < -0.4 is 0 Å². The van der Waals surface area contributed by atoms with Gasteiger partial charge in [-0.15, -0.1) is 0 Å². The maximum atomic E-state index is 11.1. The van der Waals surface area contributed by atoms with Gasteiger partial charge >= 0.3 is 0 Å². The van der Waals surface area contributed by atoms with Crippen molar-refractivity contribution in [3.8, 4) is 0 Å². The summed E-state index contributed by atoms with van der Waals surface area (Å²) >= 11 is 12.5. The molecular formula is C29H34Cl2N2O3. The highest BCUT2D eigenvalue weighted by atomic mass is 35.5. The van der Waals surface area contributed by atoms with Crippen LogP contribution in [0.1, 0.15) is 16.7 Å². The fraction of sp³-hybridized carbons (Fsp3) is 0.379. The molecule has 0 aromatic heterocycles. The molecule has 3 aromatic carbocycles. The number of likely N-dealkylation sites (N-methyl/N-ethyl adjacent to an activating group) is 1. The van der Waals surface area contributed by atoms with Crippen molar-refractivity contribution in [3.05, 3.63) is 106 Å². The van der Waals surface area contributed by atoms with Crippen LogP contribution >= 0.6 is 23.2 Å². The number of aliphatic hydroxyl groups is 2. The third-order valence-corrected chi connectivity index (χ3v) is 7.25. The van der Waals surface area contributed by atoms with E-state index in [2.05, 4.69) is 34.1 Å². The number of hydrogen-bond acceptors (Lipinski definition) is 5. The normalized spacial score (nSPS) is 22.0. The molecule has 3 aromatic rings. The van der Waals surface area contributed by atoms with Crippen LogP contribution in [0.3, 0.4) is 0 Å². The van der Waals surface area contributed by atoms with Gasteiger partial charge in [-0.3, -0.25) is 9.80 Å². The van der Waals surface area contributed by atoms with Crippen LogP contribution in [0.15, 0.2) is 78.9 Å². The van der Waals surface area contributed by atoms with E-state index in [0.717, 1.165) is 24.1 Å². The van der Waals surface area contributed by atoms with Crippen LogP contribution in [-0.4, -0.2) is 71.1 Å². The van der Waals surface area contributed by atoms with Gasteiger partial charge in [0, 0.05) is 36.2 Å². The quantitative estimate of drug-likeness (QED) is 0.379. The van der Waals surface area contributed by atoms with Crippen LogP contribution in [0.2, 0.25) is 10.0 Å². The molecule has 192 valence electrons. The fourth-order valence-corrected chi connectivity index (χ4v) is 5.42. The first kappa shape index (κ1) is 27.1. The zero-order valence-corrected chi connectivity index (χ0v) is 22.0. The van der Waals surface area contributed by atoms with Gasteiger partial charge in [0.25, 0.3) is 0 Å². The largest absolute Gasteiger partial charge is 0.394 e. The van der Waals surface area contributed by atoms with Gasteiger partial charge in [0.1, 0.15) is 12.2 Å². The maximum Gasteiger partial charge on any atom is 0.109 e. The van der Waals surface area contributed by atoms with Crippen molar-refractivity contribution in [2.45, 2.75) is 43.9 Å². The molecule has 0 spiro atoms. The summed E-state index contributed by atoms with van der Waals surface area (Å²) in [7, 11) is 2.02. The first-order valence-electron chi connectivity index (χ1n) is 12.3. The van der Waals surface area contributed by atoms with Crippen molar-refractivity contribution < 1.29 is 14.9 Å². The Kier molecular flexibility index (Phi) is 9.80. The molecular weight excluding hydrogens is 495 g/mol. The van der Waals surface area contributed by atoms with Crippen LogP contribution in [0.5, 0.6) is 0 Å². The number of rotatable bonds is 11. The monoisotopic (exact) mass is 528 g/mol. The van der Waals surface area contributed by atoms with Crippen molar-refractivity contribution in [2.24, 2.45) is 0 Å². The van der Waals surface area contributed by atoms with Gasteiger partial charge in [0.05, 0.1) is 18.8 Å². The molecule has 0 unspecified atom stereocenters. The molecule has 36 heavy (non-hydrogen) atoms. The van der Waals surface area contributed by atoms with Gasteiger partial charge < -0.3 is 14.9 Å². The third kappa shape index (κ3) is 7.30. The number of ether oxygens (including phenoxy) is 1. The molecule has 0 bridgehead atoms. The van der Waals surface area contributed by atoms with Gasteiger partial charge in [0.2, 0.25) is 0 Å². The lowest BCUT2D eigenvalue weighted by molar-refractivity contribution is -0.0322. The molecule has 4 atom stereocenters. The van der Waals surface area contributed by atoms with E-state index in [9.17, 15) is 10.2 Å². The molecule has 1 aliphatic heterocycles. The second-order valence-corrected chi connectivity index (χ2v) is 10.4. The first-order valence-corrected chi connectivity index (χ1v) is 13.1. The van der Waals surface area contributed by atoms with Crippen molar-refractivity contribution in [1.82, 2.24) is 9.80 Å². The van der Waals surface area contributed by atoms with Crippen molar-refractivity contribution in [3.63, 3.8) is 0 Å². The van der Waals surface area contributed by atoms with Crippen molar-refractivity contribution >= 4 is 23.2 Å². The lowest BCUT2D eigenvalue weighted by Gasteiger charge is -2.33. The Morgan fingerprint density at radius 1 is 0.806 bits per heavy atom. The highest BCUT2D eigenvalue weighted by molar-refractivity contribution is 6.30. The minimum Gasteiger partial charge on any atom is -0.394 e. The van der Waals surface area contributed by atoms with E-state index >= 15 is 0 Å². The number of aliphatic hydroxyl groups excluding tert-OH is 2. The molecule has 7 heteroatoms. The fourth-order valence-electron chi connectivity index (χ4n) is 5.00. The molecule has 0 radical (unpaired) electrons. The third-order valence-electron chi connectivity index (χ3n) is 6.77. The second kappa shape index (κ2) is 13.0. The molecule has 0 saturated carbocycles. The molecule has 0 aliphatic carbocycles. The average Bonchev–Trinajstić information content (AvgIpc) is 3.18. The molecule has 4 rings (SSSR count). The van der Waals surface area contributed by atoms with Crippen LogP contribution in [0, 0.1) is 0 Å². The summed E-state index contributed by atoms with van der Waals surface area (Å²) in [5.41, 5.74) is 3.43. The predicted octanol–water partition coefficient (Wildman–Crippen LogP) is 4.66. The molecule has 0 amide bonds. The van der Waals surface area contributed by atoms with Gasteiger partial charge in [-0.2, -0.15) is 0 Å². The Labute approximate surface area is 223 Å². The number of hydrogen-bond donors (Lipinski definition) is 2. The highest BCUT2D eigenvalue weighted by Crippen LogP contribution is 2.28. The van der Waals surface area contributed by atoms with Crippen LogP contribution in [0.4, 0.5) is 0 Å². The Morgan fingerprint density at radius 2 is 1.39 bits per heavy atom. The Balaban J connectivity index is 1.52. The first-order chi connectivity index (χ1) is 17.4. The zero-order valence-electron chi connectivity index (χ0n) is 20.5. The van der Waals surface area contributed by atoms with Gasteiger partial charge in [-0.1, -0.05) is 77.8 Å². The minimum atomic E-state index is -0.778. The average molecular weight is 530 g/mol. The van der Waals surface area contributed by atoms with E-state index < -0.39 is 12.2 Å². The minimum absolute atomic E-state index is 0.219. The Bertz CT molecular complexity index is 1050.